The number of carbonyl (C=O) groups is 2. The largest absolute Gasteiger partial charge is 0.308 e. The molecule has 2 amide bonds. The highest BCUT2D eigenvalue weighted by Gasteiger charge is 2.30. The Hall–Kier alpha value is -9.10. The van der Waals surface area contributed by atoms with Gasteiger partial charge in [-0.3, -0.25) is 9.59 Å². The van der Waals surface area contributed by atoms with Gasteiger partial charge in [0, 0.05) is 21.9 Å². The molecule has 0 N–H and O–H groups in total. The lowest BCUT2D eigenvalue weighted by Gasteiger charge is -2.26. The monoisotopic (exact) mass is 834 g/mol. The standard InChI is InChI=1S/C59H38N4O2/c1-39-14-11-25-56(63-54-28-26-47(45-23-12-15-40(30-45)36-60)32-52(54)53-33-48(27-29-55(53)63)46-24-13-16-41(31-46)37-61)57(39)59(65)62(38-64)58-50(43-19-7-3-8-20-43)34-49(42-17-5-2-6-18-42)35-51(58)44-21-9-4-10-22-44/h2-35,38H,1H3. The van der Waals surface area contributed by atoms with Crippen LogP contribution in [0.3, 0.4) is 0 Å². The Balaban J connectivity index is 1.22. The highest BCUT2D eigenvalue weighted by molar-refractivity contribution is 6.22. The number of carbonyl (C=O) groups excluding carboxylic acids is 2. The third-order valence-corrected chi connectivity index (χ3v) is 12.1. The second kappa shape index (κ2) is 17.0. The first-order valence-corrected chi connectivity index (χ1v) is 21.3. The highest BCUT2D eigenvalue weighted by atomic mass is 16.2. The molecule has 0 atom stereocenters. The van der Waals surface area contributed by atoms with Crippen LogP contribution in [0, 0.1) is 29.6 Å². The highest BCUT2D eigenvalue weighted by Crippen LogP contribution is 2.45. The number of nitrogens with zero attached hydrogens (tertiary/aromatic N) is 4. The molecule has 0 aliphatic heterocycles. The summed E-state index contributed by atoms with van der Waals surface area (Å²) in [4.78, 5) is 30.9. The maximum Gasteiger partial charge on any atom is 0.267 e. The van der Waals surface area contributed by atoms with Gasteiger partial charge in [0.25, 0.3) is 5.91 Å². The van der Waals surface area contributed by atoms with Crippen molar-refractivity contribution in [1.29, 1.82) is 10.5 Å². The van der Waals surface area contributed by atoms with E-state index in [2.05, 4.69) is 65.2 Å². The van der Waals surface area contributed by atoms with E-state index in [0.717, 1.165) is 77.4 Å². The van der Waals surface area contributed by atoms with Crippen molar-refractivity contribution in [1.82, 2.24) is 4.57 Å². The Labute approximate surface area is 376 Å². The Morgan fingerprint density at radius 3 is 1.40 bits per heavy atom. The number of nitriles is 2. The SMILES string of the molecule is Cc1cccc(-n2c3ccc(-c4cccc(C#N)c4)cc3c3cc(-c4cccc(C#N)c4)ccc32)c1C(=O)N(C=O)c1c(-c2ccccc2)cc(-c2ccccc2)cc1-c1ccccc1. The van der Waals surface area contributed by atoms with Gasteiger partial charge in [-0.15, -0.1) is 0 Å². The van der Waals surface area contributed by atoms with Crippen LogP contribution in [0.1, 0.15) is 27.0 Å². The number of benzene rings is 9. The quantitative estimate of drug-likeness (QED) is 0.135. The van der Waals surface area contributed by atoms with Crippen molar-refractivity contribution in [2.45, 2.75) is 6.92 Å². The molecule has 9 aromatic carbocycles. The van der Waals surface area contributed by atoms with Gasteiger partial charge in [-0.2, -0.15) is 10.5 Å². The molecule has 0 bridgehead atoms. The smallest absolute Gasteiger partial charge is 0.267 e. The third kappa shape index (κ3) is 7.32. The predicted molar refractivity (Wildman–Crippen MR) is 261 cm³/mol. The number of hydrogen-bond donors (Lipinski definition) is 0. The molecular formula is C59H38N4O2. The minimum absolute atomic E-state index is 0.375. The van der Waals surface area contributed by atoms with Crippen molar-refractivity contribution in [2.24, 2.45) is 0 Å². The molecule has 1 aromatic heterocycles. The summed E-state index contributed by atoms with van der Waals surface area (Å²) in [5.74, 6) is -0.472. The fourth-order valence-corrected chi connectivity index (χ4v) is 8.98. The summed E-state index contributed by atoms with van der Waals surface area (Å²) >= 11 is 0. The summed E-state index contributed by atoms with van der Waals surface area (Å²) in [7, 11) is 0. The van der Waals surface area contributed by atoms with E-state index < -0.39 is 5.91 Å². The lowest BCUT2D eigenvalue weighted by atomic mass is 9.90. The summed E-state index contributed by atoms with van der Waals surface area (Å²) < 4.78 is 2.10. The zero-order chi connectivity index (χ0) is 44.4. The van der Waals surface area contributed by atoms with Gasteiger partial charge < -0.3 is 4.57 Å². The van der Waals surface area contributed by atoms with Gasteiger partial charge in [0.1, 0.15) is 0 Å². The van der Waals surface area contributed by atoms with Crippen LogP contribution in [0.5, 0.6) is 0 Å². The van der Waals surface area contributed by atoms with Crippen molar-refractivity contribution in [3.63, 3.8) is 0 Å². The number of fused-ring (bicyclic) bond motifs is 3. The summed E-state index contributed by atoms with van der Waals surface area (Å²) in [5, 5.41) is 21.3. The van der Waals surface area contributed by atoms with Crippen molar-refractivity contribution in [3.8, 4) is 73.5 Å². The predicted octanol–water partition coefficient (Wildman–Crippen LogP) is 14.0. The normalized spacial score (nSPS) is 10.9. The Kier molecular flexibility index (Phi) is 10.5. The van der Waals surface area contributed by atoms with E-state index in [1.165, 1.54) is 4.90 Å². The molecule has 0 spiro atoms. The van der Waals surface area contributed by atoms with Crippen LogP contribution in [0.2, 0.25) is 0 Å². The van der Waals surface area contributed by atoms with Gasteiger partial charge in [-0.1, -0.05) is 140 Å². The first-order valence-electron chi connectivity index (χ1n) is 21.3. The summed E-state index contributed by atoms with van der Waals surface area (Å²) in [6, 6.07) is 71.8. The van der Waals surface area contributed by atoms with Crippen molar-refractivity contribution in [2.75, 3.05) is 4.90 Å². The fraction of sp³-hybridized carbons (Fsp3) is 0.0169. The van der Waals surface area contributed by atoms with Crippen LogP contribution in [-0.4, -0.2) is 16.9 Å². The topological polar surface area (TPSA) is 89.9 Å². The number of rotatable bonds is 9. The number of hydrogen-bond acceptors (Lipinski definition) is 4. The second-order valence-corrected chi connectivity index (χ2v) is 16.0. The van der Waals surface area contributed by atoms with Crippen LogP contribution >= 0.6 is 0 Å². The molecule has 1 heterocycles. The van der Waals surface area contributed by atoms with E-state index in [1.807, 2.05) is 153 Å². The molecule has 0 fully saturated rings. The van der Waals surface area contributed by atoms with Gasteiger partial charge in [0.2, 0.25) is 6.41 Å². The van der Waals surface area contributed by atoms with Gasteiger partial charge >= 0.3 is 0 Å². The molecule has 306 valence electrons. The first kappa shape index (κ1) is 40.0. The van der Waals surface area contributed by atoms with Crippen molar-refractivity contribution < 1.29 is 9.59 Å². The van der Waals surface area contributed by atoms with Crippen LogP contribution < -0.4 is 4.90 Å². The Morgan fingerprint density at radius 1 is 0.477 bits per heavy atom. The van der Waals surface area contributed by atoms with Crippen LogP contribution in [-0.2, 0) is 4.79 Å². The molecule has 0 unspecified atom stereocenters. The number of aromatic nitrogens is 1. The van der Waals surface area contributed by atoms with Gasteiger partial charge in [-0.25, -0.2) is 4.90 Å². The molecule has 6 heteroatoms. The molecule has 0 aliphatic rings. The fourth-order valence-electron chi connectivity index (χ4n) is 8.98. The van der Waals surface area contributed by atoms with Gasteiger partial charge in [0.05, 0.1) is 51.2 Å². The Morgan fingerprint density at radius 2 is 0.923 bits per heavy atom. The lowest BCUT2D eigenvalue weighted by molar-refractivity contribution is -0.106. The van der Waals surface area contributed by atoms with E-state index in [0.29, 0.717) is 40.0 Å². The molecule has 10 rings (SSSR count). The number of imide groups is 1. The molecule has 0 saturated heterocycles. The van der Waals surface area contributed by atoms with Crippen LogP contribution in [0.25, 0.3) is 83.1 Å². The first-order chi connectivity index (χ1) is 31.9. The molecule has 10 aromatic rings. The average Bonchev–Trinajstić information content (AvgIpc) is 3.70. The van der Waals surface area contributed by atoms with E-state index in [9.17, 15) is 15.3 Å². The molecule has 6 nitrogen and oxygen atoms in total. The van der Waals surface area contributed by atoms with E-state index in [4.69, 9.17) is 0 Å². The van der Waals surface area contributed by atoms with Crippen molar-refractivity contribution >= 4 is 39.8 Å². The molecule has 0 saturated carbocycles. The van der Waals surface area contributed by atoms with Gasteiger partial charge in [-0.05, 0) is 124 Å². The van der Waals surface area contributed by atoms with E-state index >= 15 is 4.79 Å². The number of aryl methyl sites for hydroxylation is 1. The molecular weight excluding hydrogens is 797 g/mol. The summed E-state index contributed by atoms with van der Waals surface area (Å²) in [5.41, 5.74) is 13.8. The Bertz CT molecular complexity index is 3390. The summed E-state index contributed by atoms with van der Waals surface area (Å²) in [6.45, 7) is 1.91. The lowest BCUT2D eigenvalue weighted by Crippen LogP contribution is -2.32. The number of anilines is 1. The third-order valence-electron chi connectivity index (χ3n) is 12.1. The maximum absolute atomic E-state index is 15.7. The zero-order valence-corrected chi connectivity index (χ0v) is 35.3. The number of amides is 2. The van der Waals surface area contributed by atoms with Crippen molar-refractivity contribution in [3.05, 3.63) is 229 Å². The average molecular weight is 835 g/mol. The van der Waals surface area contributed by atoms with Crippen LogP contribution in [0.15, 0.2) is 206 Å². The van der Waals surface area contributed by atoms with Gasteiger partial charge in [0.15, 0.2) is 0 Å². The molecule has 0 aliphatic carbocycles. The molecule has 65 heavy (non-hydrogen) atoms. The minimum Gasteiger partial charge on any atom is -0.308 e. The summed E-state index contributed by atoms with van der Waals surface area (Å²) in [6.07, 6.45) is 0.643. The maximum atomic E-state index is 15.7. The molecule has 0 radical (unpaired) electrons. The van der Waals surface area contributed by atoms with E-state index in [1.54, 1.807) is 12.1 Å². The second-order valence-electron chi connectivity index (χ2n) is 16.0. The van der Waals surface area contributed by atoms with Crippen LogP contribution in [0.4, 0.5) is 5.69 Å². The van der Waals surface area contributed by atoms with E-state index in [-0.39, 0.29) is 0 Å². The minimum atomic E-state index is -0.472. The zero-order valence-electron chi connectivity index (χ0n) is 35.3.